The maximum Gasteiger partial charge on any atom is 0.461 e. The molecule has 0 fully saturated rings. The number of rotatable bonds is 19. The van der Waals surface area contributed by atoms with Gasteiger partial charge in [0.25, 0.3) is 0 Å². The standard InChI is InChI=1S/C45H34F8N2O10/c46-41(47)44(50,51)64-33-17-7-27(8-18-33)39(58)62-31-13-2-25(3-14-31)1-12-30(56)24-36(35-21-11-29(54)23-37(35)55)43(60,61)38(57)22-6-26-4-15-32(16-5-26)63-40(59)28-9-19-34(20-10-28)65-45(52,53)42(48)49/h1-23,36,41-42,60-61H,24,54-55H2/b12-1+,22-6+. The lowest BCUT2D eigenvalue weighted by atomic mass is 9.82. The topological polar surface area (TPSA) is 198 Å². The van der Waals surface area contributed by atoms with Gasteiger partial charge in [0.05, 0.1) is 17.0 Å². The Kier molecular flexibility index (Phi) is 15.1. The van der Waals surface area contributed by atoms with Crippen molar-refractivity contribution in [2.75, 3.05) is 11.5 Å². The highest BCUT2D eigenvalue weighted by Gasteiger charge is 2.45. The largest absolute Gasteiger partial charge is 0.461 e. The lowest BCUT2D eigenvalue weighted by Gasteiger charge is -2.30. The lowest BCUT2D eigenvalue weighted by Crippen LogP contribution is -2.44. The molecule has 65 heavy (non-hydrogen) atoms. The third-order valence-corrected chi connectivity index (χ3v) is 9.01. The van der Waals surface area contributed by atoms with Crippen LogP contribution in [0.2, 0.25) is 0 Å². The third kappa shape index (κ3) is 13.0. The van der Waals surface area contributed by atoms with Crippen LogP contribution in [0.5, 0.6) is 23.0 Å². The first-order valence-corrected chi connectivity index (χ1v) is 18.6. The molecular weight excluding hydrogens is 880 g/mol. The molecule has 5 rings (SSSR count). The smallest absolute Gasteiger partial charge is 0.428 e. The Morgan fingerprint density at radius 2 is 0.969 bits per heavy atom. The summed E-state index contributed by atoms with van der Waals surface area (Å²) >= 11 is 0. The molecule has 0 saturated heterocycles. The maximum absolute atomic E-state index is 13.3. The van der Waals surface area contributed by atoms with Gasteiger partial charge in [0, 0.05) is 17.8 Å². The average molecular weight is 915 g/mol. The fourth-order valence-corrected chi connectivity index (χ4v) is 5.65. The summed E-state index contributed by atoms with van der Waals surface area (Å²) in [5, 5.41) is 22.5. The zero-order chi connectivity index (χ0) is 47.7. The van der Waals surface area contributed by atoms with E-state index in [9.17, 15) is 64.5 Å². The first kappa shape index (κ1) is 48.5. The number of benzene rings is 5. The third-order valence-electron chi connectivity index (χ3n) is 9.01. The Hall–Kier alpha value is -7.58. The van der Waals surface area contributed by atoms with Crippen LogP contribution in [-0.4, -0.2) is 64.6 Å². The zero-order valence-electron chi connectivity index (χ0n) is 33.1. The second-order valence-corrected chi connectivity index (χ2v) is 13.8. The SMILES string of the molecule is Nc1ccc(C(CC(=O)/C=C/c2ccc(OC(=O)c3ccc(OC(F)(F)C(F)F)cc3)cc2)C(O)(O)C(=O)/C=C/c2ccc(OC(=O)c3ccc(OC(F)(F)C(F)F)cc3)cc2)c(N)c1. The average Bonchev–Trinajstić information content (AvgIpc) is 3.25. The van der Waals surface area contributed by atoms with Gasteiger partial charge < -0.3 is 40.6 Å². The minimum atomic E-state index is -4.74. The number of carbonyl (C=O) groups excluding carboxylic acids is 4. The number of ether oxygens (including phenoxy) is 4. The lowest BCUT2D eigenvalue weighted by molar-refractivity contribution is -0.253. The molecule has 6 N–H and O–H groups in total. The molecule has 0 bridgehead atoms. The number of anilines is 2. The predicted octanol–water partition coefficient (Wildman–Crippen LogP) is 8.48. The van der Waals surface area contributed by atoms with Gasteiger partial charge in [0.2, 0.25) is 11.6 Å². The van der Waals surface area contributed by atoms with Crippen molar-refractivity contribution in [2.45, 2.75) is 43.2 Å². The van der Waals surface area contributed by atoms with E-state index in [0.29, 0.717) is 11.1 Å². The highest BCUT2D eigenvalue weighted by molar-refractivity contribution is 6.01. The fourth-order valence-electron chi connectivity index (χ4n) is 5.65. The molecule has 0 saturated carbocycles. The van der Waals surface area contributed by atoms with Crippen molar-refractivity contribution in [3.63, 3.8) is 0 Å². The molecule has 12 nitrogen and oxygen atoms in total. The molecule has 0 aliphatic rings. The van der Waals surface area contributed by atoms with Gasteiger partial charge in [-0.2, -0.15) is 35.1 Å². The van der Waals surface area contributed by atoms with Crippen LogP contribution in [0.15, 0.2) is 127 Å². The molecule has 340 valence electrons. The number of allylic oxidation sites excluding steroid dienone is 1. The minimum Gasteiger partial charge on any atom is -0.428 e. The number of hydrogen-bond acceptors (Lipinski definition) is 12. The summed E-state index contributed by atoms with van der Waals surface area (Å²) in [6.45, 7) is 0. The molecule has 5 aromatic carbocycles. The molecule has 0 aliphatic heterocycles. The van der Waals surface area contributed by atoms with Crippen molar-refractivity contribution in [3.05, 3.63) is 155 Å². The summed E-state index contributed by atoms with van der Waals surface area (Å²) < 4.78 is 121. The molecule has 0 amide bonds. The van der Waals surface area contributed by atoms with E-state index < -0.39 is 78.2 Å². The summed E-state index contributed by atoms with van der Waals surface area (Å²) in [6.07, 6.45) is -13.8. The van der Waals surface area contributed by atoms with Gasteiger partial charge >= 0.3 is 37.0 Å². The molecule has 20 heteroatoms. The molecule has 0 aliphatic carbocycles. The Morgan fingerprint density at radius 1 is 0.569 bits per heavy atom. The van der Waals surface area contributed by atoms with Crippen molar-refractivity contribution in [2.24, 2.45) is 0 Å². The van der Waals surface area contributed by atoms with E-state index >= 15 is 0 Å². The number of aliphatic hydroxyl groups is 2. The molecule has 5 aromatic rings. The van der Waals surface area contributed by atoms with E-state index in [-0.39, 0.29) is 39.6 Å². The van der Waals surface area contributed by atoms with Crippen LogP contribution in [0.25, 0.3) is 12.2 Å². The van der Waals surface area contributed by atoms with Crippen molar-refractivity contribution in [3.8, 4) is 23.0 Å². The van der Waals surface area contributed by atoms with E-state index in [4.69, 9.17) is 20.9 Å². The van der Waals surface area contributed by atoms with Crippen LogP contribution < -0.4 is 30.4 Å². The number of hydrogen-bond donors (Lipinski definition) is 4. The Labute approximate surface area is 362 Å². The normalized spacial score (nSPS) is 12.7. The van der Waals surface area contributed by atoms with E-state index in [2.05, 4.69) is 9.47 Å². The molecule has 0 aromatic heterocycles. The molecule has 0 heterocycles. The molecule has 1 atom stereocenters. The van der Waals surface area contributed by atoms with Crippen LogP contribution in [0.3, 0.4) is 0 Å². The maximum atomic E-state index is 13.3. The summed E-state index contributed by atoms with van der Waals surface area (Å²) in [4.78, 5) is 51.7. The van der Waals surface area contributed by atoms with Crippen LogP contribution in [0.4, 0.5) is 46.5 Å². The van der Waals surface area contributed by atoms with Gasteiger partial charge in [-0.25, -0.2) is 9.59 Å². The van der Waals surface area contributed by atoms with E-state index in [1.165, 1.54) is 78.9 Å². The van der Waals surface area contributed by atoms with Crippen LogP contribution in [0, 0.1) is 0 Å². The number of ketones is 2. The first-order valence-electron chi connectivity index (χ1n) is 18.6. The second-order valence-electron chi connectivity index (χ2n) is 13.8. The number of alkyl halides is 8. The van der Waals surface area contributed by atoms with Crippen molar-refractivity contribution < 1.29 is 83.5 Å². The number of esters is 2. The number of carbonyl (C=O) groups is 4. The van der Waals surface area contributed by atoms with Crippen molar-refractivity contribution in [1.82, 2.24) is 0 Å². The highest BCUT2D eigenvalue weighted by atomic mass is 19.3. The second kappa shape index (κ2) is 20.3. The first-order chi connectivity index (χ1) is 30.5. The summed E-state index contributed by atoms with van der Waals surface area (Å²) in [6, 6.07) is 22.6. The monoisotopic (exact) mass is 914 g/mol. The van der Waals surface area contributed by atoms with Gasteiger partial charge in [-0.15, -0.1) is 0 Å². The van der Waals surface area contributed by atoms with E-state index in [0.717, 1.165) is 60.7 Å². The Balaban J connectivity index is 1.21. The summed E-state index contributed by atoms with van der Waals surface area (Å²) in [5.41, 5.74) is 12.6. The molecule has 0 radical (unpaired) electrons. The Bertz CT molecular complexity index is 2550. The molecule has 0 spiro atoms. The summed E-state index contributed by atoms with van der Waals surface area (Å²) in [7, 11) is 0. The van der Waals surface area contributed by atoms with Gasteiger partial charge in [0.15, 0.2) is 5.78 Å². The van der Waals surface area contributed by atoms with Crippen LogP contribution in [0.1, 0.15) is 49.7 Å². The van der Waals surface area contributed by atoms with Gasteiger partial charge in [0.1, 0.15) is 23.0 Å². The van der Waals surface area contributed by atoms with Crippen molar-refractivity contribution >= 4 is 47.0 Å². The van der Waals surface area contributed by atoms with Crippen molar-refractivity contribution in [1.29, 1.82) is 0 Å². The van der Waals surface area contributed by atoms with Gasteiger partial charge in [-0.05, 0) is 114 Å². The number of halogens is 8. The van der Waals surface area contributed by atoms with Crippen LogP contribution >= 0.6 is 0 Å². The molecule has 1 unspecified atom stereocenters. The van der Waals surface area contributed by atoms with E-state index in [1.54, 1.807) is 0 Å². The summed E-state index contributed by atoms with van der Waals surface area (Å²) in [5.74, 6) is -9.88. The van der Waals surface area contributed by atoms with Crippen LogP contribution in [-0.2, 0) is 9.59 Å². The van der Waals surface area contributed by atoms with Gasteiger partial charge in [-0.1, -0.05) is 42.5 Å². The Morgan fingerprint density at radius 3 is 1.37 bits per heavy atom. The number of nitrogens with two attached hydrogens (primary N) is 2. The predicted molar refractivity (Wildman–Crippen MR) is 217 cm³/mol. The number of nitrogen functional groups attached to an aromatic ring is 2. The van der Waals surface area contributed by atoms with E-state index in [1.807, 2.05) is 0 Å². The van der Waals surface area contributed by atoms with Gasteiger partial charge in [-0.3, -0.25) is 9.59 Å². The highest BCUT2D eigenvalue weighted by Crippen LogP contribution is 2.36. The quantitative estimate of drug-likeness (QED) is 0.0154. The minimum absolute atomic E-state index is 0.00548. The zero-order valence-corrected chi connectivity index (χ0v) is 33.1. The fraction of sp³-hybridized carbons (Fsp3) is 0.156. The molecular formula is C45H34F8N2O10.